The summed E-state index contributed by atoms with van der Waals surface area (Å²) in [6, 6.07) is 11.0. The van der Waals surface area contributed by atoms with E-state index in [0.29, 0.717) is 11.9 Å². The van der Waals surface area contributed by atoms with Gasteiger partial charge in [0.25, 0.3) is 0 Å². The predicted molar refractivity (Wildman–Crippen MR) is 111 cm³/mol. The summed E-state index contributed by atoms with van der Waals surface area (Å²) in [5.41, 5.74) is 3.53. The molecule has 1 saturated heterocycles. The average molecular weight is 366 g/mol. The predicted octanol–water partition coefficient (Wildman–Crippen LogP) is 4.46. The Morgan fingerprint density at radius 3 is 2.59 bits per heavy atom. The average Bonchev–Trinajstić information content (AvgIpc) is 2.74. The minimum atomic E-state index is 0.257. The topological polar surface area (TPSA) is 45.2 Å². The van der Waals surface area contributed by atoms with Crippen molar-refractivity contribution in [3.05, 3.63) is 36.0 Å². The largest absolute Gasteiger partial charge is 0.371 e. The molecule has 0 atom stereocenters. The zero-order chi connectivity index (χ0) is 18.6. The minimum absolute atomic E-state index is 0.257. The molecule has 4 rings (SSSR count). The second-order valence-electron chi connectivity index (χ2n) is 8.11. The summed E-state index contributed by atoms with van der Waals surface area (Å²) in [5, 5.41) is 4.58. The Kier molecular flexibility index (Phi) is 5.61. The van der Waals surface area contributed by atoms with Crippen LogP contribution in [0.15, 0.2) is 30.3 Å². The lowest BCUT2D eigenvalue weighted by Crippen LogP contribution is -2.46. The van der Waals surface area contributed by atoms with Gasteiger partial charge in [-0.15, -0.1) is 0 Å². The lowest BCUT2D eigenvalue weighted by molar-refractivity contribution is -0.126. The van der Waals surface area contributed by atoms with Gasteiger partial charge < -0.3 is 10.2 Å². The van der Waals surface area contributed by atoms with Gasteiger partial charge in [-0.05, 0) is 44.2 Å². The van der Waals surface area contributed by atoms with E-state index in [1.165, 1.54) is 30.3 Å². The molecule has 4 heteroatoms. The Labute approximate surface area is 162 Å². The molecule has 1 aromatic carbocycles. The Bertz CT molecular complexity index is 789. The van der Waals surface area contributed by atoms with Crippen molar-refractivity contribution in [1.29, 1.82) is 0 Å². The Morgan fingerprint density at radius 2 is 1.85 bits per heavy atom. The third kappa shape index (κ3) is 4.10. The van der Waals surface area contributed by atoms with Crippen molar-refractivity contribution in [1.82, 2.24) is 10.3 Å². The first kappa shape index (κ1) is 18.3. The van der Waals surface area contributed by atoms with Gasteiger partial charge in [-0.25, -0.2) is 0 Å². The number of hydrogen-bond acceptors (Lipinski definition) is 3. The molecule has 1 aliphatic heterocycles. The molecule has 1 saturated carbocycles. The molecule has 0 spiro atoms. The highest BCUT2D eigenvalue weighted by atomic mass is 16.1. The van der Waals surface area contributed by atoms with Crippen molar-refractivity contribution in [2.75, 3.05) is 18.0 Å². The molecule has 2 aromatic rings. The van der Waals surface area contributed by atoms with E-state index in [-0.39, 0.29) is 5.92 Å². The van der Waals surface area contributed by atoms with E-state index in [1.54, 1.807) is 0 Å². The van der Waals surface area contributed by atoms with Crippen LogP contribution >= 0.6 is 0 Å². The number of benzene rings is 1. The summed E-state index contributed by atoms with van der Waals surface area (Å²) in [6.45, 7) is 4.15. The van der Waals surface area contributed by atoms with Gasteiger partial charge in [0, 0.05) is 41.8 Å². The maximum absolute atomic E-state index is 12.5. The third-order valence-electron chi connectivity index (χ3n) is 6.27. The second-order valence-corrected chi connectivity index (χ2v) is 8.11. The first-order valence-electron chi connectivity index (χ1n) is 10.7. The number of carbonyl (C=O) groups excluding carboxylic acids is 1. The molecule has 2 heterocycles. The third-order valence-corrected chi connectivity index (χ3v) is 6.27. The highest BCUT2D eigenvalue weighted by molar-refractivity contribution is 5.92. The van der Waals surface area contributed by atoms with Gasteiger partial charge in [0.05, 0.1) is 5.52 Å². The molecule has 1 amide bonds. The van der Waals surface area contributed by atoms with Crippen molar-refractivity contribution >= 4 is 22.5 Å². The second kappa shape index (κ2) is 8.28. The molecule has 0 unspecified atom stereocenters. The molecule has 0 radical (unpaired) electrons. The van der Waals surface area contributed by atoms with Crippen LogP contribution in [0.4, 0.5) is 5.69 Å². The number of carbonyl (C=O) groups is 1. The smallest absolute Gasteiger partial charge is 0.223 e. The van der Waals surface area contributed by atoms with Crippen molar-refractivity contribution in [2.24, 2.45) is 5.92 Å². The number of fused-ring (bicyclic) bond motifs is 1. The molecule has 1 N–H and O–H groups in total. The molecule has 4 nitrogen and oxygen atoms in total. The van der Waals surface area contributed by atoms with Gasteiger partial charge in [0.2, 0.25) is 5.91 Å². The number of para-hydroxylation sites is 1. The highest BCUT2D eigenvalue weighted by Crippen LogP contribution is 2.30. The van der Waals surface area contributed by atoms with Crippen LogP contribution in [-0.4, -0.2) is 30.0 Å². The zero-order valence-corrected chi connectivity index (χ0v) is 16.4. The Hall–Kier alpha value is -2.10. The molecular weight excluding hydrogens is 334 g/mol. The van der Waals surface area contributed by atoms with E-state index < -0.39 is 0 Å². The van der Waals surface area contributed by atoms with E-state index in [4.69, 9.17) is 4.98 Å². The van der Waals surface area contributed by atoms with Gasteiger partial charge >= 0.3 is 0 Å². The van der Waals surface area contributed by atoms with E-state index in [0.717, 1.165) is 56.4 Å². The highest BCUT2D eigenvalue weighted by Gasteiger charge is 2.26. The summed E-state index contributed by atoms with van der Waals surface area (Å²) < 4.78 is 0. The van der Waals surface area contributed by atoms with Crippen LogP contribution in [0.25, 0.3) is 10.9 Å². The van der Waals surface area contributed by atoms with E-state index in [9.17, 15) is 4.79 Å². The fourth-order valence-electron chi connectivity index (χ4n) is 4.60. The van der Waals surface area contributed by atoms with Crippen molar-refractivity contribution in [3.63, 3.8) is 0 Å². The van der Waals surface area contributed by atoms with Gasteiger partial charge in [0.15, 0.2) is 0 Å². The number of piperidine rings is 1. The number of aromatic nitrogens is 1. The number of rotatable bonds is 4. The molecule has 2 aliphatic rings. The molecular formula is C23H31N3O. The van der Waals surface area contributed by atoms with Gasteiger partial charge in [-0.3, -0.25) is 9.78 Å². The van der Waals surface area contributed by atoms with E-state index in [1.807, 2.05) is 0 Å². The molecule has 0 bridgehead atoms. The molecule has 1 aliphatic carbocycles. The monoisotopic (exact) mass is 365 g/mol. The summed E-state index contributed by atoms with van der Waals surface area (Å²) in [6.07, 6.45) is 8.87. The first-order chi connectivity index (χ1) is 13.2. The zero-order valence-electron chi connectivity index (χ0n) is 16.4. The lowest BCUT2D eigenvalue weighted by Gasteiger charge is -2.35. The van der Waals surface area contributed by atoms with Crippen molar-refractivity contribution in [3.8, 4) is 0 Å². The standard InChI is InChI=1S/C23H31N3O/c1-2-18-16-22(20-10-6-7-11-21(20)24-18)26-14-12-19(13-15-26)25-23(27)17-8-4-3-5-9-17/h6-7,10-11,16-17,19H,2-5,8-9,12-15H2,1H3,(H,25,27). The summed E-state index contributed by atoms with van der Waals surface area (Å²) in [4.78, 5) is 19.8. The SMILES string of the molecule is CCc1cc(N2CCC(NC(=O)C3CCCCC3)CC2)c2ccccc2n1. The van der Waals surface area contributed by atoms with Gasteiger partial charge in [0.1, 0.15) is 0 Å². The Morgan fingerprint density at radius 1 is 1.11 bits per heavy atom. The molecule has 144 valence electrons. The van der Waals surface area contributed by atoms with Crippen LogP contribution in [0.1, 0.15) is 57.6 Å². The molecule has 1 aromatic heterocycles. The first-order valence-corrected chi connectivity index (χ1v) is 10.7. The number of anilines is 1. The van der Waals surface area contributed by atoms with Crippen LogP contribution in [0.3, 0.4) is 0 Å². The van der Waals surface area contributed by atoms with Crippen LogP contribution in [0.5, 0.6) is 0 Å². The number of aryl methyl sites for hydroxylation is 1. The van der Waals surface area contributed by atoms with Gasteiger partial charge in [-0.2, -0.15) is 0 Å². The summed E-state index contributed by atoms with van der Waals surface area (Å²) in [7, 11) is 0. The maximum atomic E-state index is 12.5. The number of hydrogen-bond donors (Lipinski definition) is 1. The number of nitrogens with one attached hydrogen (secondary N) is 1. The van der Waals surface area contributed by atoms with E-state index >= 15 is 0 Å². The normalized spacial score (nSPS) is 19.4. The quantitative estimate of drug-likeness (QED) is 0.870. The van der Waals surface area contributed by atoms with Crippen molar-refractivity contribution < 1.29 is 4.79 Å². The molecule has 2 fully saturated rings. The number of pyridine rings is 1. The fraction of sp³-hybridized carbons (Fsp3) is 0.565. The van der Waals surface area contributed by atoms with Crippen LogP contribution < -0.4 is 10.2 Å². The van der Waals surface area contributed by atoms with Crippen molar-refractivity contribution in [2.45, 2.75) is 64.3 Å². The minimum Gasteiger partial charge on any atom is -0.371 e. The number of nitrogens with zero attached hydrogens (tertiary/aromatic N) is 2. The fourth-order valence-corrected chi connectivity index (χ4v) is 4.60. The maximum Gasteiger partial charge on any atom is 0.223 e. The van der Waals surface area contributed by atoms with Crippen LogP contribution in [-0.2, 0) is 11.2 Å². The van der Waals surface area contributed by atoms with Crippen LogP contribution in [0, 0.1) is 5.92 Å². The van der Waals surface area contributed by atoms with Gasteiger partial charge in [-0.1, -0.05) is 44.4 Å². The Balaban J connectivity index is 1.42. The lowest BCUT2D eigenvalue weighted by atomic mass is 9.88. The summed E-state index contributed by atoms with van der Waals surface area (Å²) >= 11 is 0. The van der Waals surface area contributed by atoms with E-state index in [2.05, 4.69) is 47.5 Å². The molecule has 27 heavy (non-hydrogen) atoms. The summed E-state index contributed by atoms with van der Waals surface area (Å²) in [5.74, 6) is 0.559. The van der Waals surface area contributed by atoms with Crippen LogP contribution in [0.2, 0.25) is 0 Å². The number of amides is 1.